The van der Waals surface area contributed by atoms with E-state index in [1.807, 2.05) is 0 Å². The van der Waals surface area contributed by atoms with Crippen molar-refractivity contribution in [3.63, 3.8) is 0 Å². The highest BCUT2D eigenvalue weighted by Gasteiger charge is 2.10. The molecule has 1 N–H and O–H groups in total. The molecule has 0 fully saturated rings. The number of hydrogen-bond donors (Lipinski definition) is 1. The normalized spacial score (nSPS) is 10.2. The van der Waals surface area contributed by atoms with Crippen molar-refractivity contribution in [3.8, 4) is 0 Å². The summed E-state index contributed by atoms with van der Waals surface area (Å²) in [5.41, 5.74) is 4.83. The van der Waals surface area contributed by atoms with Gasteiger partial charge in [0.15, 0.2) is 0 Å². The number of hydrogen-bond acceptors (Lipinski definition) is 1. The van der Waals surface area contributed by atoms with E-state index in [-0.39, 0.29) is 5.91 Å². The highest BCUT2D eigenvalue weighted by atomic mass is 127. The fraction of sp³-hybridized carbons (Fsp3) is 0.417. The van der Waals surface area contributed by atoms with Crippen LogP contribution in [0, 0.1) is 17.4 Å². The summed E-state index contributed by atoms with van der Waals surface area (Å²) in [5.74, 6) is -0.0155. The molecule has 1 aromatic rings. The van der Waals surface area contributed by atoms with Gasteiger partial charge < -0.3 is 5.32 Å². The van der Waals surface area contributed by atoms with Gasteiger partial charge >= 0.3 is 0 Å². The number of carbonyl (C=O) groups is 1. The van der Waals surface area contributed by atoms with Gasteiger partial charge in [-0.25, -0.2) is 0 Å². The summed E-state index contributed by atoms with van der Waals surface area (Å²) >= 11 is 2.28. The molecule has 3 heteroatoms. The molecule has 0 heterocycles. The Hall–Kier alpha value is -0.580. The monoisotopic (exact) mass is 317 g/mol. The predicted molar refractivity (Wildman–Crippen MR) is 72.3 cm³/mol. The van der Waals surface area contributed by atoms with E-state index in [1.165, 1.54) is 23.6 Å². The third-order valence-corrected chi connectivity index (χ3v) is 4.01. The third-order valence-electron chi connectivity index (χ3n) is 2.62. The smallest absolute Gasteiger partial charge is 0.221 e. The minimum atomic E-state index is -0.0155. The highest BCUT2D eigenvalue weighted by molar-refractivity contribution is 14.1. The first-order valence-corrected chi connectivity index (χ1v) is 6.11. The lowest BCUT2D eigenvalue weighted by atomic mass is 10.0. The summed E-state index contributed by atoms with van der Waals surface area (Å²) in [7, 11) is 0. The Kier molecular flexibility index (Phi) is 4.13. The SMILES string of the molecule is CCc1cc(NC(C)=O)c(I)c(C)c1C. The van der Waals surface area contributed by atoms with Crippen LogP contribution in [0.2, 0.25) is 0 Å². The first kappa shape index (κ1) is 12.5. The van der Waals surface area contributed by atoms with Gasteiger partial charge in [0.25, 0.3) is 0 Å². The number of anilines is 1. The molecular formula is C12H16INO. The average molecular weight is 317 g/mol. The van der Waals surface area contributed by atoms with E-state index < -0.39 is 0 Å². The van der Waals surface area contributed by atoms with Crippen molar-refractivity contribution in [1.29, 1.82) is 0 Å². The molecule has 0 bridgehead atoms. The molecule has 0 atom stereocenters. The largest absolute Gasteiger partial charge is 0.325 e. The van der Waals surface area contributed by atoms with E-state index in [0.717, 1.165) is 15.7 Å². The van der Waals surface area contributed by atoms with Crippen molar-refractivity contribution >= 4 is 34.2 Å². The number of nitrogens with one attached hydrogen (secondary N) is 1. The van der Waals surface area contributed by atoms with Crippen LogP contribution < -0.4 is 5.32 Å². The standard InChI is InChI=1S/C12H16INO/c1-5-10-6-11(14-9(4)15)12(13)8(3)7(10)2/h6H,5H2,1-4H3,(H,14,15). The molecule has 1 aromatic carbocycles. The van der Waals surface area contributed by atoms with Crippen LogP contribution in [0.15, 0.2) is 6.07 Å². The zero-order chi connectivity index (χ0) is 11.6. The number of aryl methyl sites for hydroxylation is 1. The molecule has 0 aliphatic rings. The molecule has 1 rings (SSSR count). The lowest BCUT2D eigenvalue weighted by Gasteiger charge is -2.14. The second-order valence-corrected chi connectivity index (χ2v) is 4.76. The van der Waals surface area contributed by atoms with Gasteiger partial charge in [-0.3, -0.25) is 4.79 Å². The molecule has 0 aromatic heterocycles. The van der Waals surface area contributed by atoms with Crippen LogP contribution >= 0.6 is 22.6 Å². The fourth-order valence-corrected chi connectivity index (χ4v) is 2.30. The molecular weight excluding hydrogens is 301 g/mol. The van der Waals surface area contributed by atoms with Crippen molar-refractivity contribution in [3.05, 3.63) is 26.3 Å². The van der Waals surface area contributed by atoms with Gasteiger partial charge in [0.1, 0.15) is 0 Å². The van der Waals surface area contributed by atoms with Crippen molar-refractivity contribution in [2.24, 2.45) is 0 Å². The highest BCUT2D eigenvalue weighted by Crippen LogP contribution is 2.28. The minimum absolute atomic E-state index is 0.0155. The zero-order valence-electron chi connectivity index (χ0n) is 9.57. The number of benzene rings is 1. The van der Waals surface area contributed by atoms with Gasteiger partial charge in [-0.05, 0) is 65.6 Å². The molecule has 82 valence electrons. The summed E-state index contributed by atoms with van der Waals surface area (Å²) in [6, 6.07) is 2.07. The van der Waals surface area contributed by atoms with Crippen LogP contribution in [0.4, 0.5) is 5.69 Å². The Morgan fingerprint density at radius 1 is 1.40 bits per heavy atom. The maximum absolute atomic E-state index is 11.0. The van der Waals surface area contributed by atoms with Crippen molar-refractivity contribution < 1.29 is 4.79 Å². The first-order valence-electron chi connectivity index (χ1n) is 5.03. The van der Waals surface area contributed by atoms with Crippen molar-refractivity contribution in [2.45, 2.75) is 34.1 Å². The number of amides is 1. The lowest BCUT2D eigenvalue weighted by molar-refractivity contribution is -0.114. The minimum Gasteiger partial charge on any atom is -0.325 e. The van der Waals surface area contributed by atoms with Crippen molar-refractivity contribution in [1.82, 2.24) is 0 Å². The van der Waals surface area contributed by atoms with Gasteiger partial charge in [0.05, 0.1) is 5.69 Å². The first-order chi connectivity index (χ1) is 6.97. The van der Waals surface area contributed by atoms with Crippen molar-refractivity contribution in [2.75, 3.05) is 5.32 Å². The predicted octanol–water partition coefficient (Wildman–Crippen LogP) is 3.43. The molecule has 0 saturated carbocycles. The van der Waals surface area contributed by atoms with Crippen LogP contribution in [-0.4, -0.2) is 5.91 Å². The lowest BCUT2D eigenvalue weighted by Crippen LogP contribution is -2.09. The maximum Gasteiger partial charge on any atom is 0.221 e. The van der Waals surface area contributed by atoms with Crippen LogP contribution in [0.3, 0.4) is 0 Å². The molecule has 0 aliphatic heterocycles. The maximum atomic E-state index is 11.0. The summed E-state index contributed by atoms with van der Waals surface area (Å²) < 4.78 is 1.14. The number of rotatable bonds is 2. The summed E-state index contributed by atoms with van der Waals surface area (Å²) in [6.07, 6.45) is 0.996. The molecule has 2 nitrogen and oxygen atoms in total. The van der Waals surface area contributed by atoms with Gasteiger partial charge in [-0.15, -0.1) is 0 Å². The van der Waals surface area contributed by atoms with E-state index >= 15 is 0 Å². The second-order valence-electron chi connectivity index (χ2n) is 3.68. The Labute approximate surface area is 105 Å². The van der Waals surface area contributed by atoms with Crippen LogP contribution in [0.5, 0.6) is 0 Å². The number of carbonyl (C=O) groups excluding carboxylic acids is 1. The average Bonchev–Trinajstić information content (AvgIpc) is 2.18. The Bertz CT molecular complexity index is 399. The third kappa shape index (κ3) is 2.71. The molecule has 0 unspecified atom stereocenters. The summed E-state index contributed by atoms with van der Waals surface area (Å²) in [4.78, 5) is 11.0. The molecule has 0 radical (unpaired) electrons. The Morgan fingerprint density at radius 3 is 2.47 bits per heavy atom. The van der Waals surface area contributed by atoms with Crippen LogP contribution in [0.1, 0.15) is 30.5 Å². The molecule has 15 heavy (non-hydrogen) atoms. The van der Waals surface area contributed by atoms with E-state index in [0.29, 0.717) is 0 Å². The second kappa shape index (κ2) is 4.96. The molecule has 1 amide bonds. The quantitative estimate of drug-likeness (QED) is 0.832. The molecule has 0 aliphatic carbocycles. The Morgan fingerprint density at radius 2 is 2.00 bits per heavy atom. The zero-order valence-corrected chi connectivity index (χ0v) is 11.7. The molecule has 0 saturated heterocycles. The molecule has 0 spiro atoms. The van der Waals surface area contributed by atoms with E-state index in [4.69, 9.17) is 0 Å². The number of halogens is 1. The van der Waals surface area contributed by atoms with Gasteiger partial charge in [0, 0.05) is 10.5 Å². The van der Waals surface area contributed by atoms with E-state index in [9.17, 15) is 4.79 Å². The van der Waals surface area contributed by atoms with E-state index in [1.54, 1.807) is 0 Å². The summed E-state index contributed by atoms with van der Waals surface area (Å²) in [6.45, 7) is 7.90. The fourth-order valence-electron chi connectivity index (χ4n) is 1.60. The van der Waals surface area contributed by atoms with Gasteiger partial charge in [0.2, 0.25) is 5.91 Å². The Balaban J connectivity index is 3.28. The van der Waals surface area contributed by atoms with Crippen LogP contribution in [-0.2, 0) is 11.2 Å². The topological polar surface area (TPSA) is 29.1 Å². The van der Waals surface area contributed by atoms with E-state index in [2.05, 4.69) is 54.7 Å². The van der Waals surface area contributed by atoms with Gasteiger partial charge in [-0.1, -0.05) is 6.92 Å². The van der Waals surface area contributed by atoms with Crippen LogP contribution in [0.25, 0.3) is 0 Å². The van der Waals surface area contributed by atoms with Gasteiger partial charge in [-0.2, -0.15) is 0 Å². The summed E-state index contributed by atoms with van der Waals surface area (Å²) in [5, 5.41) is 2.87.